The highest BCUT2D eigenvalue weighted by Crippen LogP contribution is 2.04. The molecule has 0 aliphatic heterocycles. The van der Waals surface area contributed by atoms with E-state index in [4.69, 9.17) is 11.0 Å². The van der Waals surface area contributed by atoms with E-state index >= 15 is 0 Å². The van der Waals surface area contributed by atoms with Crippen LogP contribution in [-0.4, -0.2) is 4.98 Å². The molecule has 3 N–H and O–H groups in total. The average Bonchev–Trinajstić information content (AvgIpc) is 2.06. The van der Waals surface area contributed by atoms with Gasteiger partial charge in [0.25, 0.3) is 0 Å². The highest BCUT2D eigenvalue weighted by molar-refractivity contribution is 5.46. The minimum atomic E-state index is 0.323. The Bertz CT molecular complexity index is 310. The number of aromatic nitrogens is 1. The van der Waals surface area contributed by atoms with Gasteiger partial charge in [-0.3, -0.25) is 4.98 Å². The van der Waals surface area contributed by atoms with Crippen molar-refractivity contribution in [2.24, 2.45) is 5.73 Å². The molecule has 4 heteroatoms. The summed E-state index contributed by atoms with van der Waals surface area (Å²) in [5.74, 6) is 0.323. The predicted octanol–water partition coefficient (Wildman–Crippen LogP) is 0.817. The maximum atomic E-state index is 8.26. The maximum Gasteiger partial charge on any atom is 0.111 e. The van der Waals surface area contributed by atoms with Crippen LogP contribution >= 0.6 is 0 Å². The van der Waals surface area contributed by atoms with Crippen LogP contribution in [0.15, 0.2) is 36.4 Å². The predicted molar refractivity (Wildman–Crippen MR) is 45.7 cm³/mol. The summed E-state index contributed by atoms with van der Waals surface area (Å²) < 4.78 is 0. The Balaban J connectivity index is 2.66. The molecule has 0 aromatic carbocycles. The van der Waals surface area contributed by atoms with E-state index in [9.17, 15) is 0 Å². The molecule has 12 heavy (non-hydrogen) atoms. The van der Waals surface area contributed by atoms with E-state index in [0.717, 1.165) is 5.69 Å². The first-order valence-electron chi connectivity index (χ1n) is 3.35. The molecule has 60 valence electrons. The second kappa shape index (κ2) is 3.98. The number of anilines is 1. The molecule has 1 heterocycles. The van der Waals surface area contributed by atoms with Crippen molar-refractivity contribution in [2.75, 3.05) is 5.32 Å². The molecule has 0 saturated heterocycles. The zero-order chi connectivity index (χ0) is 8.81. The summed E-state index contributed by atoms with van der Waals surface area (Å²) in [6, 6.07) is 5.35. The SMILES string of the molecule is N#C/C=C(\N)Nc1ccncc1. The van der Waals surface area contributed by atoms with Crippen molar-refractivity contribution < 1.29 is 0 Å². The first-order chi connectivity index (χ1) is 5.83. The fraction of sp³-hybridized carbons (Fsp3) is 0. The third-order valence-electron chi connectivity index (χ3n) is 1.19. The lowest BCUT2D eigenvalue weighted by molar-refractivity contribution is 1.27. The Morgan fingerprint density at radius 3 is 2.83 bits per heavy atom. The van der Waals surface area contributed by atoms with Crippen LogP contribution in [0, 0.1) is 11.3 Å². The molecule has 0 atom stereocenters. The summed E-state index contributed by atoms with van der Waals surface area (Å²) in [6.45, 7) is 0. The zero-order valence-electron chi connectivity index (χ0n) is 6.36. The van der Waals surface area contributed by atoms with Crippen LogP contribution in [0.1, 0.15) is 0 Å². The van der Waals surface area contributed by atoms with Crippen molar-refractivity contribution in [3.63, 3.8) is 0 Å². The van der Waals surface area contributed by atoms with Crippen molar-refractivity contribution in [1.82, 2.24) is 4.98 Å². The van der Waals surface area contributed by atoms with Gasteiger partial charge in [-0.15, -0.1) is 0 Å². The molecule has 0 bridgehead atoms. The van der Waals surface area contributed by atoms with E-state index in [1.54, 1.807) is 24.5 Å². The molecule has 0 fully saturated rings. The molecule has 4 nitrogen and oxygen atoms in total. The fourth-order valence-corrected chi connectivity index (χ4v) is 0.708. The first kappa shape index (κ1) is 8.08. The molecular weight excluding hydrogens is 152 g/mol. The summed E-state index contributed by atoms with van der Waals surface area (Å²) in [5.41, 5.74) is 6.24. The molecule has 0 spiro atoms. The van der Waals surface area contributed by atoms with E-state index in [0.29, 0.717) is 5.82 Å². The highest BCUT2D eigenvalue weighted by atomic mass is 15.0. The average molecular weight is 160 g/mol. The molecule has 0 amide bonds. The molecule has 0 radical (unpaired) electrons. The Morgan fingerprint density at radius 2 is 2.25 bits per heavy atom. The summed E-state index contributed by atoms with van der Waals surface area (Å²) >= 11 is 0. The lowest BCUT2D eigenvalue weighted by Crippen LogP contribution is -2.08. The Morgan fingerprint density at radius 1 is 1.58 bits per heavy atom. The van der Waals surface area contributed by atoms with Crippen LogP contribution in [0.25, 0.3) is 0 Å². The number of nitrogens with two attached hydrogens (primary N) is 1. The van der Waals surface area contributed by atoms with Gasteiger partial charge in [0.05, 0.1) is 12.1 Å². The number of nitriles is 1. The van der Waals surface area contributed by atoms with Crippen LogP contribution in [-0.2, 0) is 0 Å². The summed E-state index contributed by atoms with van der Waals surface area (Å²) in [7, 11) is 0. The second-order valence-corrected chi connectivity index (χ2v) is 2.09. The van der Waals surface area contributed by atoms with Gasteiger partial charge in [-0.25, -0.2) is 0 Å². The zero-order valence-corrected chi connectivity index (χ0v) is 6.36. The standard InChI is InChI=1S/C8H8N4/c9-4-1-8(10)12-7-2-5-11-6-3-7/h1-3,5-6H,10H2,(H,11,12)/b8-1+. The van der Waals surface area contributed by atoms with E-state index in [-0.39, 0.29) is 0 Å². The number of allylic oxidation sites excluding steroid dienone is 1. The van der Waals surface area contributed by atoms with Gasteiger partial charge in [0, 0.05) is 18.1 Å². The Hall–Kier alpha value is -2.02. The van der Waals surface area contributed by atoms with Gasteiger partial charge in [-0.2, -0.15) is 5.26 Å². The van der Waals surface area contributed by atoms with Crippen LogP contribution in [0.3, 0.4) is 0 Å². The molecule has 1 aromatic rings. The quantitative estimate of drug-likeness (QED) is 0.628. The van der Waals surface area contributed by atoms with Crippen LogP contribution in [0.2, 0.25) is 0 Å². The van der Waals surface area contributed by atoms with Crippen molar-refractivity contribution in [1.29, 1.82) is 5.26 Å². The van der Waals surface area contributed by atoms with Crippen LogP contribution in [0.5, 0.6) is 0 Å². The Kier molecular flexibility index (Phi) is 2.68. The van der Waals surface area contributed by atoms with Gasteiger partial charge in [-0.1, -0.05) is 0 Å². The molecule has 1 aromatic heterocycles. The molecule has 0 aliphatic rings. The normalized spacial score (nSPS) is 10.4. The van der Waals surface area contributed by atoms with E-state index in [1.165, 1.54) is 6.08 Å². The van der Waals surface area contributed by atoms with Gasteiger partial charge in [0.2, 0.25) is 0 Å². The van der Waals surface area contributed by atoms with E-state index in [1.807, 2.05) is 6.07 Å². The van der Waals surface area contributed by atoms with Gasteiger partial charge in [-0.05, 0) is 12.1 Å². The molecule has 0 saturated carbocycles. The lowest BCUT2D eigenvalue weighted by atomic mass is 10.4. The third kappa shape index (κ3) is 2.31. The maximum absolute atomic E-state index is 8.26. The number of hydrogen-bond donors (Lipinski definition) is 2. The van der Waals surface area contributed by atoms with Gasteiger partial charge in [0.15, 0.2) is 0 Å². The largest absolute Gasteiger partial charge is 0.385 e. The highest BCUT2D eigenvalue weighted by Gasteiger charge is 1.89. The number of hydrogen-bond acceptors (Lipinski definition) is 4. The lowest BCUT2D eigenvalue weighted by Gasteiger charge is -2.02. The topological polar surface area (TPSA) is 74.7 Å². The van der Waals surface area contributed by atoms with E-state index in [2.05, 4.69) is 10.3 Å². The first-order valence-corrected chi connectivity index (χ1v) is 3.35. The number of nitrogens with zero attached hydrogens (tertiary/aromatic N) is 2. The summed E-state index contributed by atoms with van der Waals surface area (Å²) in [5, 5.41) is 11.1. The monoisotopic (exact) mass is 160 g/mol. The van der Waals surface area contributed by atoms with Gasteiger partial charge >= 0.3 is 0 Å². The van der Waals surface area contributed by atoms with Crippen molar-refractivity contribution in [3.8, 4) is 6.07 Å². The van der Waals surface area contributed by atoms with Crippen molar-refractivity contribution >= 4 is 5.69 Å². The number of rotatable bonds is 2. The fourth-order valence-electron chi connectivity index (χ4n) is 0.708. The molecule has 0 unspecified atom stereocenters. The third-order valence-corrected chi connectivity index (χ3v) is 1.19. The smallest absolute Gasteiger partial charge is 0.111 e. The van der Waals surface area contributed by atoms with Crippen LogP contribution in [0.4, 0.5) is 5.69 Å². The molecule has 1 rings (SSSR count). The minimum Gasteiger partial charge on any atom is -0.385 e. The van der Waals surface area contributed by atoms with Gasteiger partial charge in [0.1, 0.15) is 5.82 Å². The minimum absolute atomic E-state index is 0.323. The van der Waals surface area contributed by atoms with E-state index < -0.39 is 0 Å². The van der Waals surface area contributed by atoms with Gasteiger partial charge < -0.3 is 11.1 Å². The number of nitrogens with one attached hydrogen (secondary N) is 1. The summed E-state index contributed by atoms with van der Waals surface area (Å²) in [6.07, 6.45) is 4.52. The molecular formula is C8H8N4. The Labute approximate surface area is 70.3 Å². The van der Waals surface area contributed by atoms with Crippen LogP contribution < -0.4 is 11.1 Å². The summed E-state index contributed by atoms with van der Waals surface area (Å²) in [4.78, 5) is 3.83. The number of pyridine rings is 1. The van der Waals surface area contributed by atoms with Crippen molar-refractivity contribution in [2.45, 2.75) is 0 Å². The second-order valence-electron chi connectivity index (χ2n) is 2.09. The van der Waals surface area contributed by atoms with Crippen molar-refractivity contribution in [3.05, 3.63) is 36.4 Å². The molecule has 0 aliphatic carbocycles.